The Balaban J connectivity index is 1.52. The van der Waals surface area contributed by atoms with Crippen LogP contribution in [-0.2, 0) is 20.7 Å². The first-order valence-electron chi connectivity index (χ1n) is 9.92. The highest BCUT2D eigenvalue weighted by Crippen LogP contribution is 2.21. The number of amides is 1. The molecular weight excluding hydrogens is 378 g/mol. The molecule has 0 aliphatic carbocycles. The maximum absolute atomic E-state index is 12.4. The van der Waals surface area contributed by atoms with Crippen molar-refractivity contribution in [3.8, 4) is 5.75 Å². The van der Waals surface area contributed by atoms with E-state index in [0.717, 1.165) is 17.5 Å². The zero-order chi connectivity index (χ0) is 21.2. The first-order chi connectivity index (χ1) is 14.7. The van der Waals surface area contributed by atoms with Crippen molar-refractivity contribution in [2.75, 3.05) is 13.2 Å². The maximum Gasteiger partial charge on any atom is 0.344 e. The van der Waals surface area contributed by atoms with Gasteiger partial charge < -0.3 is 14.8 Å². The second-order valence-electron chi connectivity index (χ2n) is 6.77. The van der Waals surface area contributed by atoms with Crippen LogP contribution in [0.5, 0.6) is 5.75 Å². The third-order valence-corrected chi connectivity index (χ3v) is 4.62. The normalized spacial score (nSPS) is 10.5. The molecule has 0 saturated carbocycles. The molecule has 0 radical (unpaired) electrons. The number of nitrogens with one attached hydrogen (secondary N) is 1. The van der Waals surface area contributed by atoms with E-state index in [1.54, 1.807) is 0 Å². The van der Waals surface area contributed by atoms with Crippen LogP contribution < -0.4 is 10.1 Å². The van der Waals surface area contributed by atoms with Gasteiger partial charge in [-0.15, -0.1) is 0 Å². The molecule has 0 fully saturated rings. The Hall–Kier alpha value is -3.60. The van der Waals surface area contributed by atoms with Crippen LogP contribution in [0.3, 0.4) is 0 Å². The highest BCUT2D eigenvalue weighted by molar-refractivity contribution is 5.81. The van der Waals surface area contributed by atoms with E-state index >= 15 is 0 Å². The molecule has 1 amide bonds. The summed E-state index contributed by atoms with van der Waals surface area (Å²) in [6.07, 6.45) is 0.935. The highest BCUT2D eigenvalue weighted by atomic mass is 16.6. The van der Waals surface area contributed by atoms with Crippen LogP contribution in [0.25, 0.3) is 0 Å². The maximum atomic E-state index is 12.4. The second kappa shape index (κ2) is 10.8. The number of carbonyl (C=O) groups excluding carboxylic acids is 2. The van der Waals surface area contributed by atoms with E-state index in [9.17, 15) is 9.59 Å². The molecule has 154 valence electrons. The molecule has 0 saturated heterocycles. The third kappa shape index (κ3) is 6.21. The van der Waals surface area contributed by atoms with Gasteiger partial charge in [0.2, 0.25) is 0 Å². The van der Waals surface area contributed by atoms with Gasteiger partial charge in [0.15, 0.2) is 13.2 Å². The summed E-state index contributed by atoms with van der Waals surface area (Å²) in [5, 5.41) is 2.93. The standard InChI is InChI=1S/C25H25NO4/c1-2-19-13-15-22(16-14-19)29-18-24(28)30-17-23(27)26-25(20-9-5-3-6-10-20)21-11-7-4-8-12-21/h3-16,25H,2,17-18H2,1H3,(H,26,27). The van der Waals surface area contributed by atoms with Crippen molar-refractivity contribution in [3.05, 3.63) is 102 Å². The van der Waals surface area contributed by atoms with Crippen molar-refractivity contribution in [1.82, 2.24) is 5.32 Å². The SMILES string of the molecule is CCc1ccc(OCC(=O)OCC(=O)NC(c2ccccc2)c2ccccc2)cc1. The smallest absolute Gasteiger partial charge is 0.344 e. The summed E-state index contributed by atoms with van der Waals surface area (Å²) in [4.78, 5) is 24.4. The van der Waals surface area contributed by atoms with E-state index in [0.29, 0.717) is 5.75 Å². The Morgan fingerprint density at radius 1 is 0.800 bits per heavy atom. The van der Waals surface area contributed by atoms with Crippen molar-refractivity contribution >= 4 is 11.9 Å². The minimum Gasteiger partial charge on any atom is -0.482 e. The van der Waals surface area contributed by atoms with E-state index < -0.39 is 5.97 Å². The summed E-state index contributed by atoms with van der Waals surface area (Å²) < 4.78 is 10.5. The Kier molecular flexibility index (Phi) is 7.61. The number of carbonyl (C=O) groups is 2. The summed E-state index contributed by atoms with van der Waals surface area (Å²) in [5.41, 5.74) is 3.08. The monoisotopic (exact) mass is 403 g/mol. The zero-order valence-corrected chi connectivity index (χ0v) is 16.9. The second-order valence-corrected chi connectivity index (χ2v) is 6.77. The third-order valence-electron chi connectivity index (χ3n) is 4.62. The highest BCUT2D eigenvalue weighted by Gasteiger charge is 2.17. The summed E-state index contributed by atoms with van der Waals surface area (Å²) >= 11 is 0. The van der Waals surface area contributed by atoms with Crippen LogP contribution in [0.2, 0.25) is 0 Å². The van der Waals surface area contributed by atoms with E-state index in [1.165, 1.54) is 5.56 Å². The van der Waals surface area contributed by atoms with Crippen LogP contribution in [0.4, 0.5) is 0 Å². The van der Waals surface area contributed by atoms with Gasteiger partial charge in [0.25, 0.3) is 5.91 Å². The Bertz CT molecular complexity index is 900. The Morgan fingerprint density at radius 2 is 1.37 bits per heavy atom. The number of esters is 1. The molecule has 0 atom stereocenters. The molecule has 5 heteroatoms. The minimum atomic E-state index is -0.597. The first-order valence-corrected chi connectivity index (χ1v) is 9.92. The van der Waals surface area contributed by atoms with Gasteiger partial charge in [-0.1, -0.05) is 79.7 Å². The number of ether oxygens (including phenoxy) is 2. The van der Waals surface area contributed by atoms with Crippen molar-refractivity contribution in [2.45, 2.75) is 19.4 Å². The van der Waals surface area contributed by atoms with Gasteiger partial charge in [-0.2, -0.15) is 0 Å². The molecule has 30 heavy (non-hydrogen) atoms. The molecule has 0 aliphatic heterocycles. The van der Waals surface area contributed by atoms with Crippen LogP contribution >= 0.6 is 0 Å². The van der Waals surface area contributed by atoms with E-state index in [4.69, 9.17) is 9.47 Å². The molecule has 1 N–H and O–H groups in total. The molecule has 3 aromatic rings. The lowest BCUT2D eigenvalue weighted by molar-refractivity contribution is -0.150. The van der Waals surface area contributed by atoms with Crippen LogP contribution in [0, 0.1) is 0 Å². The van der Waals surface area contributed by atoms with Gasteiger partial charge in [0.1, 0.15) is 5.75 Å². The fourth-order valence-electron chi connectivity index (χ4n) is 3.00. The summed E-state index contributed by atoms with van der Waals surface area (Å²) in [6.45, 7) is 1.45. The number of hydrogen-bond acceptors (Lipinski definition) is 4. The Morgan fingerprint density at radius 3 is 1.90 bits per heavy atom. The molecule has 5 nitrogen and oxygen atoms in total. The molecule has 0 heterocycles. The number of benzene rings is 3. The van der Waals surface area contributed by atoms with Gasteiger partial charge in [0.05, 0.1) is 6.04 Å². The molecule has 0 unspecified atom stereocenters. The quantitative estimate of drug-likeness (QED) is 0.547. The van der Waals surface area contributed by atoms with Gasteiger partial charge in [-0.3, -0.25) is 4.79 Å². The lowest BCUT2D eigenvalue weighted by Crippen LogP contribution is -2.33. The fraction of sp³-hybridized carbons (Fsp3) is 0.200. The van der Waals surface area contributed by atoms with Crippen molar-refractivity contribution in [2.24, 2.45) is 0 Å². The van der Waals surface area contributed by atoms with E-state index in [1.807, 2.05) is 84.9 Å². The fourth-order valence-corrected chi connectivity index (χ4v) is 3.00. The summed E-state index contributed by atoms with van der Waals surface area (Å²) in [6, 6.07) is 26.5. The minimum absolute atomic E-state index is 0.250. The number of rotatable bonds is 9. The molecule has 0 bridgehead atoms. The molecule has 0 aromatic heterocycles. The molecule has 0 spiro atoms. The Labute approximate surface area is 176 Å². The predicted molar refractivity (Wildman–Crippen MR) is 115 cm³/mol. The predicted octanol–water partition coefficient (Wildman–Crippen LogP) is 4.08. The lowest BCUT2D eigenvalue weighted by atomic mass is 9.99. The van der Waals surface area contributed by atoms with Gasteiger partial charge in [-0.25, -0.2) is 4.79 Å². The lowest BCUT2D eigenvalue weighted by Gasteiger charge is -2.20. The average Bonchev–Trinajstić information content (AvgIpc) is 2.81. The first kappa shape index (κ1) is 21.1. The number of aryl methyl sites for hydroxylation is 1. The summed E-state index contributed by atoms with van der Waals surface area (Å²) in [7, 11) is 0. The molecule has 3 rings (SSSR count). The number of hydrogen-bond donors (Lipinski definition) is 1. The molecular formula is C25H25NO4. The molecule has 0 aliphatic rings. The summed E-state index contributed by atoms with van der Waals surface area (Å²) in [5.74, 6) is -0.393. The van der Waals surface area contributed by atoms with Crippen LogP contribution in [-0.4, -0.2) is 25.1 Å². The van der Waals surface area contributed by atoms with Crippen molar-refractivity contribution < 1.29 is 19.1 Å². The van der Waals surface area contributed by atoms with E-state index in [-0.39, 0.29) is 25.2 Å². The van der Waals surface area contributed by atoms with Crippen LogP contribution in [0.1, 0.15) is 29.7 Å². The van der Waals surface area contributed by atoms with E-state index in [2.05, 4.69) is 12.2 Å². The van der Waals surface area contributed by atoms with Gasteiger partial charge in [-0.05, 0) is 35.2 Å². The van der Waals surface area contributed by atoms with Gasteiger partial charge in [0, 0.05) is 0 Å². The average molecular weight is 403 g/mol. The van der Waals surface area contributed by atoms with Crippen molar-refractivity contribution in [3.63, 3.8) is 0 Å². The van der Waals surface area contributed by atoms with Crippen LogP contribution in [0.15, 0.2) is 84.9 Å². The van der Waals surface area contributed by atoms with Crippen molar-refractivity contribution in [1.29, 1.82) is 0 Å². The van der Waals surface area contributed by atoms with Gasteiger partial charge >= 0.3 is 5.97 Å². The topological polar surface area (TPSA) is 64.6 Å². The zero-order valence-electron chi connectivity index (χ0n) is 16.9. The largest absolute Gasteiger partial charge is 0.482 e. The molecule has 3 aromatic carbocycles.